The maximum atomic E-state index is 6.04. The second kappa shape index (κ2) is 9.03. The van der Waals surface area contributed by atoms with Gasteiger partial charge in [-0.25, -0.2) is 0 Å². The van der Waals surface area contributed by atoms with Gasteiger partial charge in [0.2, 0.25) is 0 Å². The van der Waals surface area contributed by atoms with Gasteiger partial charge in [0.15, 0.2) is 0 Å². The summed E-state index contributed by atoms with van der Waals surface area (Å²) in [5.41, 5.74) is 1.38. The van der Waals surface area contributed by atoms with Crippen LogP contribution in [0, 0.1) is 3.57 Å². The molecule has 1 nitrogen and oxygen atoms in total. The van der Waals surface area contributed by atoms with E-state index in [1.165, 1.54) is 14.0 Å². The first kappa shape index (κ1) is 17.1. The van der Waals surface area contributed by atoms with Crippen molar-refractivity contribution in [2.75, 3.05) is 12.3 Å². The van der Waals surface area contributed by atoms with Crippen LogP contribution in [0.2, 0.25) is 5.02 Å². The topological polar surface area (TPSA) is 12.0 Å². The fourth-order valence-electron chi connectivity index (χ4n) is 2.14. The van der Waals surface area contributed by atoms with E-state index < -0.39 is 0 Å². The minimum absolute atomic E-state index is 0.471. The van der Waals surface area contributed by atoms with Crippen LogP contribution in [-0.4, -0.2) is 18.3 Å². The normalized spacial score (nSPS) is 12.3. The van der Waals surface area contributed by atoms with Gasteiger partial charge >= 0.3 is 0 Å². The Labute approximate surface area is 150 Å². The third-order valence-electron chi connectivity index (χ3n) is 3.14. The SMILES string of the molecule is CCNC(CSc1cccc(Cl)c1)Cc1ccc(I)cc1. The summed E-state index contributed by atoms with van der Waals surface area (Å²) in [6, 6.07) is 17.3. The highest BCUT2D eigenvalue weighted by Gasteiger charge is 2.09. The van der Waals surface area contributed by atoms with Gasteiger partial charge in [-0.3, -0.25) is 0 Å². The van der Waals surface area contributed by atoms with E-state index in [-0.39, 0.29) is 0 Å². The molecule has 112 valence electrons. The van der Waals surface area contributed by atoms with Gasteiger partial charge in [-0.2, -0.15) is 0 Å². The predicted molar refractivity (Wildman–Crippen MR) is 103 cm³/mol. The highest BCUT2D eigenvalue weighted by atomic mass is 127. The summed E-state index contributed by atoms with van der Waals surface area (Å²) in [7, 11) is 0. The lowest BCUT2D eigenvalue weighted by Gasteiger charge is -2.18. The van der Waals surface area contributed by atoms with Crippen molar-refractivity contribution in [3.8, 4) is 0 Å². The van der Waals surface area contributed by atoms with Crippen molar-refractivity contribution >= 4 is 46.0 Å². The molecule has 0 radical (unpaired) electrons. The van der Waals surface area contributed by atoms with Crippen LogP contribution in [0.3, 0.4) is 0 Å². The second-order valence-corrected chi connectivity index (χ2v) is 7.63. The van der Waals surface area contributed by atoms with Gasteiger partial charge in [-0.15, -0.1) is 11.8 Å². The van der Waals surface area contributed by atoms with Gasteiger partial charge in [0.25, 0.3) is 0 Å². The molecule has 0 spiro atoms. The van der Waals surface area contributed by atoms with Crippen molar-refractivity contribution in [2.45, 2.75) is 24.3 Å². The van der Waals surface area contributed by atoms with Crippen molar-refractivity contribution in [1.82, 2.24) is 5.32 Å². The average Bonchev–Trinajstić information content (AvgIpc) is 2.47. The molecule has 1 atom stereocenters. The summed E-state index contributed by atoms with van der Waals surface area (Å²) in [6.45, 7) is 3.15. The Morgan fingerprint density at radius 3 is 2.62 bits per heavy atom. The van der Waals surface area contributed by atoms with Crippen molar-refractivity contribution in [1.29, 1.82) is 0 Å². The maximum absolute atomic E-state index is 6.04. The molecule has 0 aliphatic rings. The van der Waals surface area contributed by atoms with E-state index in [2.05, 4.69) is 65.2 Å². The van der Waals surface area contributed by atoms with Gasteiger partial charge in [0.1, 0.15) is 0 Å². The molecule has 2 aromatic rings. The Kier molecular flexibility index (Phi) is 7.37. The molecular formula is C17H19ClINS. The summed E-state index contributed by atoms with van der Waals surface area (Å²) in [6.07, 6.45) is 1.05. The zero-order chi connectivity index (χ0) is 15.1. The molecule has 0 saturated heterocycles. The number of nitrogens with one attached hydrogen (secondary N) is 1. The first-order chi connectivity index (χ1) is 10.2. The van der Waals surface area contributed by atoms with E-state index >= 15 is 0 Å². The second-order valence-electron chi connectivity index (χ2n) is 4.85. The van der Waals surface area contributed by atoms with Crippen LogP contribution in [0.25, 0.3) is 0 Å². The monoisotopic (exact) mass is 431 g/mol. The number of likely N-dealkylation sites (N-methyl/N-ethyl adjacent to an activating group) is 1. The van der Waals surface area contributed by atoms with Crippen LogP contribution in [0.4, 0.5) is 0 Å². The Balaban J connectivity index is 1.93. The third-order valence-corrected chi connectivity index (χ3v) is 5.25. The number of thioether (sulfide) groups is 1. The van der Waals surface area contributed by atoms with E-state index in [4.69, 9.17) is 11.6 Å². The first-order valence-corrected chi connectivity index (χ1v) is 9.48. The van der Waals surface area contributed by atoms with Crippen LogP contribution >= 0.6 is 46.0 Å². The minimum atomic E-state index is 0.471. The largest absolute Gasteiger partial charge is 0.313 e. The fraction of sp³-hybridized carbons (Fsp3) is 0.294. The van der Waals surface area contributed by atoms with E-state index in [0.717, 1.165) is 23.7 Å². The van der Waals surface area contributed by atoms with Gasteiger partial charge in [-0.1, -0.05) is 36.7 Å². The summed E-state index contributed by atoms with van der Waals surface area (Å²) in [5.74, 6) is 1.04. The molecule has 0 aromatic heterocycles. The van der Waals surface area contributed by atoms with Gasteiger partial charge in [0, 0.05) is 25.3 Å². The van der Waals surface area contributed by atoms with Gasteiger partial charge in [-0.05, 0) is 71.5 Å². The van der Waals surface area contributed by atoms with Crippen LogP contribution in [0.15, 0.2) is 53.4 Å². The van der Waals surface area contributed by atoms with E-state index in [0.29, 0.717) is 6.04 Å². The molecule has 0 aliphatic heterocycles. The number of halogens is 2. The van der Waals surface area contributed by atoms with Crippen LogP contribution < -0.4 is 5.32 Å². The lowest BCUT2D eigenvalue weighted by Crippen LogP contribution is -2.33. The molecule has 0 heterocycles. The first-order valence-electron chi connectivity index (χ1n) is 7.03. The molecule has 1 unspecified atom stereocenters. The van der Waals surface area contributed by atoms with E-state index in [1.807, 2.05) is 30.0 Å². The predicted octanol–water partition coefficient (Wildman–Crippen LogP) is 5.26. The van der Waals surface area contributed by atoms with Crippen molar-refractivity contribution in [2.24, 2.45) is 0 Å². The highest BCUT2D eigenvalue weighted by molar-refractivity contribution is 14.1. The smallest absolute Gasteiger partial charge is 0.0417 e. The van der Waals surface area contributed by atoms with E-state index in [1.54, 1.807) is 0 Å². The molecule has 4 heteroatoms. The van der Waals surface area contributed by atoms with E-state index in [9.17, 15) is 0 Å². The molecule has 2 rings (SSSR count). The Hall–Kier alpha value is -0.230. The zero-order valence-corrected chi connectivity index (χ0v) is 15.7. The number of benzene rings is 2. The van der Waals surface area contributed by atoms with Crippen LogP contribution in [-0.2, 0) is 6.42 Å². The molecular weight excluding hydrogens is 413 g/mol. The highest BCUT2D eigenvalue weighted by Crippen LogP contribution is 2.23. The van der Waals surface area contributed by atoms with Crippen molar-refractivity contribution in [3.05, 3.63) is 62.7 Å². The molecule has 0 saturated carbocycles. The summed E-state index contributed by atoms with van der Waals surface area (Å²) in [4.78, 5) is 1.23. The van der Waals surface area contributed by atoms with Gasteiger partial charge in [0.05, 0.1) is 0 Å². The Morgan fingerprint density at radius 2 is 1.95 bits per heavy atom. The van der Waals surface area contributed by atoms with Crippen molar-refractivity contribution < 1.29 is 0 Å². The lowest BCUT2D eigenvalue weighted by atomic mass is 10.1. The standard InChI is InChI=1S/C17H19ClINS/c1-2-20-16(10-13-6-8-15(19)9-7-13)12-21-17-5-3-4-14(18)11-17/h3-9,11,16,20H,2,10,12H2,1H3. The van der Waals surface area contributed by atoms with Crippen LogP contribution in [0.1, 0.15) is 12.5 Å². The molecule has 2 aromatic carbocycles. The number of hydrogen-bond donors (Lipinski definition) is 1. The number of rotatable bonds is 7. The quantitative estimate of drug-likeness (QED) is 0.474. The summed E-state index contributed by atoms with van der Waals surface area (Å²) < 4.78 is 1.28. The molecule has 1 N–H and O–H groups in total. The van der Waals surface area contributed by atoms with Crippen LogP contribution in [0.5, 0.6) is 0 Å². The summed E-state index contributed by atoms with van der Waals surface area (Å²) >= 11 is 10.2. The Bertz CT molecular complexity index is 559. The summed E-state index contributed by atoms with van der Waals surface area (Å²) in [5, 5.41) is 4.38. The third kappa shape index (κ3) is 6.19. The lowest BCUT2D eigenvalue weighted by molar-refractivity contribution is 0.572. The molecule has 0 aliphatic carbocycles. The fourth-order valence-corrected chi connectivity index (χ4v) is 3.77. The zero-order valence-electron chi connectivity index (χ0n) is 12.0. The van der Waals surface area contributed by atoms with Gasteiger partial charge < -0.3 is 5.32 Å². The molecule has 0 fully saturated rings. The molecule has 0 amide bonds. The Morgan fingerprint density at radius 1 is 1.19 bits per heavy atom. The number of hydrogen-bond acceptors (Lipinski definition) is 2. The van der Waals surface area contributed by atoms with Crippen molar-refractivity contribution in [3.63, 3.8) is 0 Å². The minimum Gasteiger partial charge on any atom is -0.313 e. The molecule has 21 heavy (non-hydrogen) atoms. The average molecular weight is 432 g/mol. The molecule has 0 bridgehead atoms. The maximum Gasteiger partial charge on any atom is 0.0417 e.